The summed E-state index contributed by atoms with van der Waals surface area (Å²) in [5, 5.41) is 7.22. The third-order valence-electron chi connectivity index (χ3n) is 4.60. The van der Waals surface area contributed by atoms with Crippen LogP contribution in [0.3, 0.4) is 0 Å². The number of thioether (sulfide) groups is 1. The number of carbonyl (C=O) groups is 3. The Morgan fingerprint density at radius 3 is 2.77 bits per heavy atom. The van der Waals surface area contributed by atoms with Crippen LogP contribution in [0, 0.1) is 13.8 Å². The second kappa shape index (κ2) is 9.75. The normalized spacial score (nSPS) is 13.0. The van der Waals surface area contributed by atoms with Crippen LogP contribution in [0.25, 0.3) is 0 Å². The summed E-state index contributed by atoms with van der Waals surface area (Å²) in [6, 6.07) is 3.46. The minimum absolute atomic E-state index is 0.0711. The molecular formula is C20H24N4O5S. The number of hydrogen-bond donors (Lipinski definition) is 1. The summed E-state index contributed by atoms with van der Waals surface area (Å²) >= 11 is 1.36. The summed E-state index contributed by atoms with van der Waals surface area (Å²) in [7, 11) is 1.50. The van der Waals surface area contributed by atoms with Crippen molar-refractivity contribution in [2.24, 2.45) is 0 Å². The zero-order valence-electron chi connectivity index (χ0n) is 17.1. The molecule has 2 heterocycles. The highest BCUT2D eigenvalue weighted by atomic mass is 32.2. The van der Waals surface area contributed by atoms with Crippen LogP contribution in [0.2, 0.25) is 0 Å². The van der Waals surface area contributed by atoms with Crippen molar-refractivity contribution in [2.45, 2.75) is 43.5 Å². The van der Waals surface area contributed by atoms with Gasteiger partial charge in [0.15, 0.2) is 6.61 Å². The van der Waals surface area contributed by atoms with Crippen LogP contribution in [0.1, 0.15) is 40.2 Å². The number of esters is 1. The molecule has 2 aromatic heterocycles. The quantitative estimate of drug-likeness (QED) is 0.472. The van der Waals surface area contributed by atoms with Crippen molar-refractivity contribution < 1.29 is 23.6 Å². The maximum absolute atomic E-state index is 12.5. The summed E-state index contributed by atoms with van der Waals surface area (Å²) in [6.07, 6.45) is 3.54. The van der Waals surface area contributed by atoms with Gasteiger partial charge in [0.1, 0.15) is 10.8 Å². The molecule has 0 spiro atoms. The minimum Gasteiger partial charge on any atom is -0.452 e. The molecule has 1 N–H and O–H groups in total. The smallest absolute Gasteiger partial charge is 0.341 e. The van der Waals surface area contributed by atoms with E-state index in [1.165, 1.54) is 23.7 Å². The molecule has 2 aromatic rings. The van der Waals surface area contributed by atoms with Gasteiger partial charge in [-0.3, -0.25) is 9.59 Å². The molecule has 160 valence electrons. The number of likely N-dealkylation sites (N-methyl/N-ethyl adjacent to an activating group) is 1. The molecule has 0 radical (unpaired) electrons. The molecule has 10 heteroatoms. The first-order valence-corrected chi connectivity index (χ1v) is 10.5. The zero-order chi connectivity index (χ0) is 21.7. The number of aromatic nitrogens is 2. The van der Waals surface area contributed by atoms with Crippen LogP contribution in [0.15, 0.2) is 27.9 Å². The van der Waals surface area contributed by atoms with Crippen molar-refractivity contribution in [2.75, 3.05) is 20.2 Å². The lowest BCUT2D eigenvalue weighted by atomic mass is 10.2. The van der Waals surface area contributed by atoms with Crippen molar-refractivity contribution >= 4 is 29.5 Å². The number of ether oxygens (including phenoxy) is 1. The predicted molar refractivity (Wildman–Crippen MR) is 109 cm³/mol. The molecule has 0 saturated heterocycles. The first-order chi connectivity index (χ1) is 14.3. The first-order valence-electron chi connectivity index (χ1n) is 9.55. The Bertz CT molecular complexity index is 922. The fourth-order valence-electron chi connectivity index (χ4n) is 2.63. The lowest BCUT2D eigenvalue weighted by Crippen LogP contribution is -2.40. The number of aryl methyl sites for hydroxylation is 2. The molecule has 0 atom stereocenters. The number of hydrogen-bond acceptors (Lipinski definition) is 8. The largest absolute Gasteiger partial charge is 0.452 e. The van der Waals surface area contributed by atoms with Crippen LogP contribution in [-0.2, 0) is 20.1 Å². The molecule has 30 heavy (non-hydrogen) atoms. The number of nitrogens with zero attached hydrogens (tertiary/aromatic N) is 3. The van der Waals surface area contributed by atoms with Gasteiger partial charge in [0.25, 0.3) is 5.91 Å². The summed E-state index contributed by atoms with van der Waals surface area (Å²) in [6.45, 7) is 3.16. The van der Waals surface area contributed by atoms with E-state index in [9.17, 15) is 14.4 Å². The van der Waals surface area contributed by atoms with Gasteiger partial charge in [-0.2, -0.15) is 0 Å². The van der Waals surface area contributed by atoms with Crippen molar-refractivity contribution in [1.29, 1.82) is 0 Å². The highest BCUT2D eigenvalue weighted by molar-refractivity contribution is 7.98. The summed E-state index contributed by atoms with van der Waals surface area (Å²) in [4.78, 5) is 42.0. The number of nitrogens with one attached hydrogen (secondary N) is 1. The number of amides is 2. The SMILES string of the molecule is Cc1noc(C)c1CSc1ncccc1C(=O)OCC(=O)N(C)CC(=O)NC1CC1. The van der Waals surface area contributed by atoms with E-state index in [1.807, 2.05) is 13.8 Å². The van der Waals surface area contributed by atoms with E-state index < -0.39 is 18.5 Å². The van der Waals surface area contributed by atoms with E-state index >= 15 is 0 Å². The zero-order valence-corrected chi connectivity index (χ0v) is 18.0. The van der Waals surface area contributed by atoms with Crippen LogP contribution in [0.5, 0.6) is 0 Å². The van der Waals surface area contributed by atoms with Crippen molar-refractivity contribution in [3.05, 3.63) is 40.9 Å². The molecule has 1 aliphatic rings. The Hall–Kier alpha value is -2.88. The Balaban J connectivity index is 1.53. The molecular weight excluding hydrogens is 408 g/mol. The average molecular weight is 433 g/mol. The van der Waals surface area contributed by atoms with Crippen LogP contribution in [-0.4, -0.2) is 59.1 Å². The van der Waals surface area contributed by atoms with Crippen LogP contribution in [0.4, 0.5) is 0 Å². The van der Waals surface area contributed by atoms with Crippen LogP contribution >= 0.6 is 11.8 Å². The van der Waals surface area contributed by atoms with E-state index in [0.29, 0.717) is 10.8 Å². The fourth-order valence-corrected chi connectivity index (χ4v) is 3.76. The Morgan fingerprint density at radius 2 is 2.10 bits per heavy atom. The molecule has 9 nitrogen and oxygen atoms in total. The highest BCUT2D eigenvalue weighted by Gasteiger charge is 2.25. The maximum Gasteiger partial charge on any atom is 0.341 e. The standard InChI is InChI=1S/C20H24N4O5S/c1-12-16(13(2)29-23-12)11-30-19-15(5-4-8-21-19)20(27)28-10-18(26)24(3)9-17(25)22-14-6-7-14/h4-5,8,14H,6-7,9-11H2,1-3H3,(H,22,25). The van der Waals surface area contributed by atoms with Crippen molar-refractivity contribution in [1.82, 2.24) is 20.4 Å². The average Bonchev–Trinajstić information content (AvgIpc) is 3.48. The minimum atomic E-state index is -0.645. The molecule has 1 aliphatic carbocycles. The van der Waals surface area contributed by atoms with Crippen LogP contribution < -0.4 is 5.32 Å². The van der Waals surface area contributed by atoms with Gasteiger partial charge < -0.3 is 19.5 Å². The summed E-state index contributed by atoms with van der Waals surface area (Å²) in [5.74, 6) is -0.0584. The highest BCUT2D eigenvalue weighted by Crippen LogP contribution is 2.27. The maximum atomic E-state index is 12.5. The van der Waals surface area contributed by atoms with Gasteiger partial charge in [0.2, 0.25) is 5.91 Å². The molecule has 1 saturated carbocycles. The summed E-state index contributed by atoms with van der Waals surface area (Å²) < 4.78 is 10.3. The van der Waals surface area contributed by atoms with E-state index in [1.54, 1.807) is 18.3 Å². The molecule has 0 unspecified atom stereocenters. The summed E-state index contributed by atoms with van der Waals surface area (Å²) in [5.41, 5.74) is 2.02. The van der Waals surface area contributed by atoms with Gasteiger partial charge >= 0.3 is 5.97 Å². The molecule has 0 bridgehead atoms. The molecule has 3 rings (SSSR count). The topological polar surface area (TPSA) is 115 Å². The lowest BCUT2D eigenvalue weighted by Gasteiger charge is -2.17. The Kier molecular flexibility index (Phi) is 7.09. The Morgan fingerprint density at radius 1 is 1.33 bits per heavy atom. The second-order valence-electron chi connectivity index (χ2n) is 7.12. The third-order valence-corrected chi connectivity index (χ3v) is 5.63. The molecule has 0 aromatic carbocycles. The van der Waals surface area contributed by atoms with E-state index in [4.69, 9.17) is 9.26 Å². The lowest BCUT2D eigenvalue weighted by molar-refractivity contribution is -0.137. The van der Waals surface area contributed by atoms with Crippen molar-refractivity contribution in [3.63, 3.8) is 0 Å². The second-order valence-corrected chi connectivity index (χ2v) is 8.08. The number of rotatable bonds is 9. The van der Waals surface area contributed by atoms with Gasteiger partial charge in [0, 0.05) is 30.6 Å². The molecule has 0 aliphatic heterocycles. The van der Waals surface area contributed by atoms with Gasteiger partial charge in [0.05, 0.1) is 17.8 Å². The molecule has 2 amide bonds. The number of pyridine rings is 1. The van der Waals surface area contributed by atoms with E-state index in [2.05, 4.69) is 15.5 Å². The fraction of sp³-hybridized carbons (Fsp3) is 0.450. The van der Waals surface area contributed by atoms with Gasteiger partial charge in [-0.1, -0.05) is 5.16 Å². The monoisotopic (exact) mass is 432 g/mol. The van der Waals surface area contributed by atoms with E-state index in [0.717, 1.165) is 29.9 Å². The van der Waals surface area contributed by atoms with Gasteiger partial charge in [-0.25, -0.2) is 9.78 Å². The Labute approximate surface area is 178 Å². The van der Waals surface area contributed by atoms with Crippen molar-refractivity contribution in [3.8, 4) is 0 Å². The van der Waals surface area contributed by atoms with Gasteiger partial charge in [-0.05, 0) is 38.8 Å². The number of carbonyl (C=O) groups excluding carboxylic acids is 3. The first kappa shape index (κ1) is 21.8. The predicted octanol–water partition coefficient (Wildman–Crippen LogP) is 1.87. The molecule has 1 fully saturated rings. The van der Waals surface area contributed by atoms with Gasteiger partial charge in [-0.15, -0.1) is 11.8 Å². The van der Waals surface area contributed by atoms with E-state index in [-0.39, 0.29) is 24.1 Å². The third kappa shape index (κ3) is 5.82.